The van der Waals surface area contributed by atoms with Gasteiger partial charge in [0.2, 0.25) is 0 Å². The highest BCUT2D eigenvalue weighted by Crippen LogP contribution is 1.98. The zero-order chi connectivity index (χ0) is 14.5. The molecule has 0 atom stereocenters. The molecule has 114 valence electrons. The van der Waals surface area contributed by atoms with Crippen LogP contribution in [-0.2, 0) is 23.7 Å². The molecule has 0 aliphatic carbocycles. The maximum absolute atomic E-state index is 11.1. The minimum Gasteiger partial charge on any atom is -0.461 e. The Balaban J connectivity index is 3.13. The number of hydrogen-bond donors (Lipinski definition) is 0. The summed E-state index contributed by atoms with van der Waals surface area (Å²) >= 11 is 0. The first-order valence-electron chi connectivity index (χ1n) is 6.95. The van der Waals surface area contributed by atoms with Gasteiger partial charge in [-0.3, -0.25) is 0 Å². The first-order chi connectivity index (χ1) is 9.02. The van der Waals surface area contributed by atoms with Crippen molar-refractivity contribution in [3.8, 4) is 0 Å². The minimum atomic E-state index is -0.341. The summed E-state index contributed by atoms with van der Waals surface area (Å²) in [6.07, 6.45) is 0.969. The Bertz CT molecular complexity index is 216. The van der Waals surface area contributed by atoms with Gasteiger partial charge in [0.15, 0.2) is 0 Å². The van der Waals surface area contributed by atoms with Crippen LogP contribution in [0.5, 0.6) is 0 Å². The minimum absolute atomic E-state index is 0.0214. The molecule has 0 bridgehead atoms. The Labute approximate surface area is 116 Å². The molecule has 0 N–H and O–H groups in total. The first-order valence-corrected chi connectivity index (χ1v) is 6.95. The lowest BCUT2D eigenvalue weighted by molar-refractivity contribution is -0.153. The quantitative estimate of drug-likeness (QED) is 0.403. The number of carbonyl (C=O) groups excluding carboxylic acids is 1. The van der Waals surface area contributed by atoms with Gasteiger partial charge in [0.1, 0.15) is 6.61 Å². The van der Waals surface area contributed by atoms with Crippen molar-refractivity contribution in [2.24, 2.45) is 5.92 Å². The third-order valence-corrected chi connectivity index (χ3v) is 2.17. The van der Waals surface area contributed by atoms with Crippen LogP contribution in [0.3, 0.4) is 0 Å². The van der Waals surface area contributed by atoms with Crippen LogP contribution in [0.1, 0.15) is 34.1 Å². The molecule has 0 radical (unpaired) electrons. The molecule has 0 heterocycles. The van der Waals surface area contributed by atoms with Crippen LogP contribution in [-0.4, -0.2) is 51.7 Å². The predicted molar refractivity (Wildman–Crippen MR) is 73.1 cm³/mol. The molecule has 0 aromatic heterocycles. The molecule has 0 amide bonds. The van der Waals surface area contributed by atoms with Crippen LogP contribution in [0.2, 0.25) is 0 Å². The molecule has 0 aliphatic heterocycles. The van der Waals surface area contributed by atoms with E-state index in [4.69, 9.17) is 18.9 Å². The van der Waals surface area contributed by atoms with Crippen LogP contribution < -0.4 is 0 Å². The molecule has 5 heteroatoms. The van der Waals surface area contributed by atoms with Gasteiger partial charge in [-0.05, 0) is 26.2 Å². The topological polar surface area (TPSA) is 54.0 Å². The number of esters is 1. The fraction of sp³-hybridized carbons (Fsp3) is 0.929. The van der Waals surface area contributed by atoms with Gasteiger partial charge >= 0.3 is 5.97 Å². The molecule has 0 fully saturated rings. The summed E-state index contributed by atoms with van der Waals surface area (Å²) in [5.41, 5.74) is 0. The zero-order valence-corrected chi connectivity index (χ0v) is 12.6. The molecule has 0 aromatic rings. The fourth-order valence-corrected chi connectivity index (χ4v) is 1.21. The van der Waals surface area contributed by atoms with Gasteiger partial charge in [0, 0.05) is 6.61 Å². The largest absolute Gasteiger partial charge is 0.461 e. The predicted octanol–water partition coefficient (Wildman–Crippen LogP) is 2.03. The highest BCUT2D eigenvalue weighted by molar-refractivity contribution is 5.70. The van der Waals surface area contributed by atoms with Crippen molar-refractivity contribution >= 4 is 5.97 Å². The molecule has 0 unspecified atom stereocenters. The molecule has 0 aromatic carbocycles. The van der Waals surface area contributed by atoms with Crippen molar-refractivity contribution in [2.45, 2.75) is 40.2 Å². The van der Waals surface area contributed by atoms with E-state index in [2.05, 4.69) is 13.8 Å². The second-order valence-electron chi connectivity index (χ2n) is 5.00. The molecule has 0 rings (SSSR count). The van der Waals surface area contributed by atoms with Crippen LogP contribution in [0, 0.1) is 5.92 Å². The summed E-state index contributed by atoms with van der Waals surface area (Å²) in [6, 6.07) is 0. The smallest absolute Gasteiger partial charge is 0.332 e. The number of hydrogen-bond acceptors (Lipinski definition) is 5. The second-order valence-corrected chi connectivity index (χ2v) is 5.00. The van der Waals surface area contributed by atoms with E-state index in [1.807, 2.05) is 0 Å². The second kappa shape index (κ2) is 12.4. The standard InChI is InChI=1S/C14H28O5/c1-12(2)5-6-16-7-8-17-9-10-18-11-14(15)19-13(3)4/h12-13H,5-11H2,1-4H3. The van der Waals surface area contributed by atoms with Crippen molar-refractivity contribution < 1.29 is 23.7 Å². The van der Waals surface area contributed by atoms with E-state index in [-0.39, 0.29) is 18.7 Å². The summed E-state index contributed by atoms with van der Waals surface area (Å²) in [5.74, 6) is 0.326. The van der Waals surface area contributed by atoms with Gasteiger partial charge in [0.25, 0.3) is 0 Å². The van der Waals surface area contributed by atoms with Gasteiger partial charge in [0.05, 0.1) is 32.5 Å². The maximum atomic E-state index is 11.1. The highest BCUT2D eigenvalue weighted by atomic mass is 16.6. The lowest BCUT2D eigenvalue weighted by Crippen LogP contribution is -2.19. The number of ether oxygens (including phenoxy) is 4. The molecule has 0 saturated carbocycles. The molecular weight excluding hydrogens is 248 g/mol. The molecule has 0 aliphatic rings. The molecule has 5 nitrogen and oxygen atoms in total. The van der Waals surface area contributed by atoms with Crippen LogP contribution in [0.25, 0.3) is 0 Å². The summed E-state index contributed by atoms with van der Waals surface area (Å²) < 4.78 is 20.7. The zero-order valence-electron chi connectivity index (χ0n) is 12.6. The number of rotatable bonds is 12. The third kappa shape index (κ3) is 15.3. The van der Waals surface area contributed by atoms with Crippen LogP contribution in [0.4, 0.5) is 0 Å². The Morgan fingerprint density at radius 2 is 1.37 bits per heavy atom. The van der Waals surface area contributed by atoms with E-state index in [9.17, 15) is 4.79 Å². The van der Waals surface area contributed by atoms with Gasteiger partial charge in [-0.15, -0.1) is 0 Å². The summed E-state index contributed by atoms with van der Waals surface area (Å²) in [4.78, 5) is 11.1. The van der Waals surface area contributed by atoms with Crippen LogP contribution >= 0.6 is 0 Å². The first kappa shape index (κ1) is 18.4. The van der Waals surface area contributed by atoms with Crippen molar-refractivity contribution in [3.05, 3.63) is 0 Å². The maximum Gasteiger partial charge on any atom is 0.332 e. The molecule has 0 saturated heterocycles. The van der Waals surface area contributed by atoms with E-state index in [1.54, 1.807) is 13.8 Å². The Morgan fingerprint density at radius 3 is 1.89 bits per heavy atom. The van der Waals surface area contributed by atoms with E-state index in [1.165, 1.54) is 0 Å². The molecule has 0 spiro atoms. The lowest BCUT2D eigenvalue weighted by Gasteiger charge is -2.09. The SMILES string of the molecule is CC(C)CCOCCOCCOCC(=O)OC(C)C. The average molecular weight is 276 g/mol. The normalized spacial score (nSPS) is 11.3. The van der Waals surface area contributed by atoms with Gasteiger partial charge in [-0.2, -0.15) is 0 Å². The average Bonchev–Trinajstić information content (AvgIpc) is 2.30. The Hall–Kier alpha value is -0.650. The lowest BCUT2D eigenvalue weighted by atomic mass is 10.1. The molecular formula is C14H28O5. The van der Waals surface area contributed by atoms with Crippen molar-refractivity contribution in [1.29, 1.82) is 0 Å². The van der Waals surface area contributed by atoms with E-state index in [0.29, 0.717) is 32.3 Å². The summed E-state index contributed by atoms with van der Waals surface area (Å²) in [5, 5.41) is 0. The fourth-order valence-electron chi connectivity index (χ4n) is 1.21. The summed E-state index contributed by atoms with van der Waals surface area (Å²) in [7, 11) is 0. The van der Waals surface area contributed by atoms with Gasteiger partial charge < -0.3 is 18.9 Å². The van der Waals surface area contributed by atoms with Gasteiger partial charge in [-0.1, -0.05) is 13.8 Å². The highest BCUT2D eigenvalue weighted by Gasteiger charge is 2.04. The number of carbonyl (C=O) groups is 1. The van der Waals surface area contributed by atoms with Gasteiger partial charge in [-0.25, -0.2) is 4.79 Å². The van der Waals surface area contributed by atoms with Crippen molar-refractivity contribution in [1.82, 2.24) is 0 Å². The van der Waals surface area contributed by atoms with Crippen LogP contribution in [0.15, 0.2) is 0 Å². The van der Waals surface area contributed by atoms with Crippen molar-refractivity contribution in [3.63, 3.8) is 0 Å². The van der Waals surface area contributed by atoms with E-state index >= 15 is 0 Å². The third-order valence-electron chi connectivity index (χ3n) is 2.17. The van der Waals surface area contributed by atoms with Crippen molar-refractivity contribution in [2.75, 3.05) is 39.6 Å². The van der Waals surface area contributed by atoms with E-state index < -0.39 is 0 Å². The Morgan fingerprint density at radius 1 is 0.842 bits per heavy atom. The summed E-state index contributed by atoms with van der Waals surface area (Å²) in [6.45, 7) is 10.7. The Kier molecular flexibility index (Phi) is 12.0. The molecule has 19 heavy (non-hydrogen) atoms. The monoisotopic (exact) mass is 276 g/mol. The van der Waals surface area contributed by atoms with E-state index in [0.717, 1.165) is 13.0 Å².